The number of anilines is 2. The molecule has 4 aromatic rings. The van der Waals surface area contributed by atoms with Gasteiger partial charge in [0.2, 0.25) is 0 Å². The third-order valence-electron chi connectivity index (χ3n) is 5.53. The molecule has 0 bridgehead atoms. The van der Waals surface area contributed by atoms with E-state index in [9.17, 15) is 4.39 Å². The van der Waals surface area contributed by atoms with E-state index in [1.54, 1.807) is 23.6 Å². The van der Waals surface area contributed by atoms with Gasteiger partial charge in [0.05, 0.1) is 17.2 Å². The first-order valence-corrected chi connectivity index (χ1v) is 11.6. The van der Waals surface area contributed by atoms with Crippen molar-refractivity contribution in [2.45, 2.75) is 31.8 Å². The first kappa shape index (κ1) is 20.7. The molecule has 0 saturated heterocycles. The number of para-hydroxylation sites is 1. The smallest absolute Gasteiger partial charge is 0.157 e. The molecule has 0 aliphatic carbocycles. The second-order valence-corrected chi connectivity index (χ2v) is 8.82. The van der Waals surface area contributed by atoms with Gasteiger partial charge in [0, 0.05) is 30.9 Å². The van der Waals surface area contributed by atoms with Crippen LogP contribution >= 0.6 is 11.3 Å². The van der Waals surface area contributed by atoms with E-state index in [1.165, 1.54) is 23.6 Å². The molecule has 0 fully saturated rings. The van der Waals surface area contributed by atoms with Crippen LogP contribution in [-0.4, -0.2) is 39.1 Å². The van der Waals surface area contributed by atoms with Crippen molar-refractivity contribution in [3.8, 4) is 0 Å². The summed E-state index contributed by atoms with van der Waals surface area (Å²) in [5.74, 6) is 0.259. The third kappa shape index (κ3) is 4.68. The SMILES string of the molecule is Fc1cccnc1CNc1ncnc2sc(CCNCCC3Cc4ccccc4N3)nc12. The number of nitrogens with one attached hydrogen (secondary N) is 3. The molecule has 7 nitrogen and oxygen atoms in total. The van der Waals surface area contributed by atoms with Gasteiger partial charge in [0.15, 0.2) is 5.82 Å². The lowest BCUT2D eigenvalue weighted by atomic mass is 10.1. The first-order chi connectivity index (χ1) is 15.8. The molecule has 0 spiro atoms. The molecule has 0 saturated carbocycles. The Hall–Kier alpha value is -3.17. The van der Waals surface area contributed by atoms with Crippen LogP contribution in [0.15, 0.2) is 48.9 Å². The van der Waals surface area contributed by atoms with Gasteiger partial charge in [0.25, 0.3) is 0 Å². The van der Waals surface area contributed by atoms with Gasteiger partial charge in [-0.1, -0.05) is 29.5 Å². The van der Waals surface area contributed by atoms with Gasteiger partial charge >= 0.3 is 0 Å². The molecule has 4 heterocycles. The number of benzene rings is 1. The summed E-state index contributed by atoms with van der Waals surface area (Å²) < 4.78 is 13.8. The minimum absolute atomic E-state index is 0.242. The van der Waals surface area contributed by atoms with Crippen LogP contribution < -0.4 is 16.0 Å². The molecule has 3 N–H and O–H groups in total. The van der Waals surface area contributed by atoms with Crippen LogP contribution in [-0.2, 0) is 19.4 Å². The van der Waals surface area contributed by atoms with Crippen LogP contribution in [0.25, 0.3) is 10.3 Å². The highest BCUT2D eigenvalue weighted by molar-refractivity contribution is 7.18. The van der Waals surface area contributed by atoms with Crippen LogP contribution in [0.1, 0.15) is 22.7 Å². The van der Waals surface area contributed by atoms with Crippen molar-refractivity contribution in [3.63, 3.8) is 0 Å². The van der Waals surface area contributed by atoms with E-state index in [0.29, 0.717) is 17.6 Å². The zero-order valence-electron chi connectivity index (χ0n) is 17.5. The molecule has 164 valence electrons. The molecule has 1 aromatic carbocycles. The Bertz CT molecular complexity index is 1190. The van der Waals surface area contributed by atoms with E-state index in [2.05, 4.69) is 55.2 Å². The molecule has 0 amide bonds. The largest absolute Gasteiger partial charge is 0.382 e. The van der Waals surface area contributed by atoms with Crippen LogP contribution in [0, 0.1) is 5.82 Å². The average Bonchev–Trinajstić information content (AvgIpc) is 3.42. The summed E-state index contributed by atoms with van der Waals surface area (Å²) in [5, 5.41) is 11.3. The standard InChI is InChI=1S/C23H24FN7S/c24-17-5-3-9-26-19(17)13-27-22-21-23(29-14-28-22)32-20(31-21)8-11-25-10-7-16-12-15-4-1-2-6-18(15)30-16/h1-6,9,14,16,25,30H,7-8,10-13H2,(H,27,28,29). The first-order valence-electron chi connectivity index (χ1n) is 10.7. The fourth-order valence-corrected chi connectivity index (χ4v) is 4.80. The van der Waals surface area contributed by atoms with Crippen LogP contribution in [0.5, 0.6) is 0 Å². The maximum Gasteiger partial charge on any atom is 0.157 e. The highest BCUT2D eigenvalue weighted by Crippen LogP contribution is 2.27. The van der Waals surface area contributed by atoms with E-state index in [0.717, 1.165) is 47.7 Å². The third-order valence-corrected chi connectivity index (χ3v) is 6.55. The molecular weight excluding hydrogens is 425 g/mol. The van der Waals surface area contributed by atoms with Crippen molar-refractivity contribution in [1.82, 2.24) is 25.3 Å². The van der Waals surface area contributed by atoms with Crippen molar-refractivity contribution < 1.29 is 4.39 Å². The van der Waals surface area contributed by atoms with Crippen molar-refractivity contribution in [1.29, 1.82) is 0 Å². The number of aromatic nitrogens is 4. The van der Waals surface area contributed by atoms with Gasteiger partial charge < -0.3 is 16.0 Å². The predicted octanol–water partition coefficient (Wildman–Crippen LogP) is 3.79. The molecule has 0 radical (unpaired) electrons. The van der Waals surface area contributed by atoms with Crippen molar-refractivity contribution in [2.24, 2.45) is 0 Å². The predicted molar refractivity (Wildman–Crippen MR) is 125 cm³/mol. The maximum atomic E-state index is 13.8. The van der Waals surface area contributed by atoms with Crippen molar-refractivity contribution in [2.75, 3.05) is 23.7 Å². The maximum absolute atomic E-state index is 13.8. The number of hydrogen-bond acceptors (Lipinski definition) is 8. The molecule has 3 aromatic heterocycles. The summed E-state index contributed by atoms with van der Waals surface area (Å²) in [5.41, 5.74) is 3.74. The lowest BCUT2D eigenvalue weighted by Crippen LogP contribution is -2.25. The molecule has 32 heavy (non-hydrogen) atoms. The summed E-state index contributed by atoms with van der Waals surface area (Å²) in [6.45, 7) is 2.06. The zero-order valence-corrected chi connectivity index (χ0v) is 18.3. The Labute approximate surface area is 189 Å². The fraction of sp³-hybridized carbons (Fsp3) is 0.304. The number of fused-ring (bicyclic) bond motifs is 2. The summed E-state index contributed by atoms with van der Waals surface area (Å²) in [4.78, 5) is 18.2. The van der Waals surface area contributed by atoms with E-state index >= 15 is 0 Å². The van der Waals surface area contributed by atoms with E-state index in [-0.39, 0.29) is 12.4 Å². The number of pyridine rings is 1. The van der Waals surface area contributed by atoms with Gasteiger partial charge in [-0.25, -0.2) is 19.3 Å². The van der Waals surface area contributed by atoms with Gasteiger partial charge in [-0.05, 0) is 43.1 Å². The van der Waals surface area contributed by atoms with Crippen LogP contribution in [0.3, 0.4) is 0 Å². The Morgan fingerprint density at radius 1 is 1.09 bits per heavy atom. The topological polar surface area (TPSA) is 87.7 Å². The quantitative estimate of drug-likeness (QED) is 0.335. The van der Waals surface area contributed by atoms with Crippen molar-refractivity contribution in [3.05, 3.63) is 71.0 Å². The van der Waals surface area contributed by atoms with Crippen molar-refractivity contribution >= 4 is 33.2 Å². The number of nitrogens with zero attached hydrogens (tertiary/aromatic N) is 4. The molecule has 1 aliphatic rings. The molecule has 1 unspecified atom stereocenters. The monoisotopic (exact) mass is 449 g/mol. The lowest BCUT2D eigenvalue weighted by molar-refractivity contribution is 0.595. The molecule has 5 rings (SSSR count). The highest BCUT2D eigenvalue weighted by atomic mass is 32.1. The second kappa shape index (κ2) is 9.54. The Balaban J connectivity index is 1.11. The van der Waals surface area contributed by atoms with Gasteiger partial charge in [-0.3, -0.25) is 4.98 Å². The van der Waals surface area contributed by atoms with Gasteiger partial charge in [-0.2, -0.15) is 0 Å². The Morgan fingerprint density at radius 2 is 2.03 bits per heavy atom. The fourth-order valence-electron chi connectivity index (χ4n) is 3.90. The molecule has 1 aliphatic heterocycles. The lowest BCUT2D eigenvalue weighted by Gasteiger charge is -2.11. The summed E-state index contributed by atoms with van der Waals surface area (Å²) >= 11 is 1.57. The molecule has 1 atom stereocenters. The number of hydrogen-bond donors (Lipinski definition) is 3. The number of thiazole rings is 1. The average molecular weight is 450 g/mol. The second-order valence-electron chi connectivity index (χ2n) is 7.76. The normalized spacial score (nSPS) is 15.0. The van der Waals surface area contributed by atoms with Gasteiger partial charge in [0.1, 0.15) is 22.5 Å². The Kier molecular flexibility index (Phi) is 6.17. The zero-order chi connectivity index (χ0) is 21.8. The molecule has 9 heteroatoms. The molecular formula is C23H24FN7S. The van der Waals surface area contributed by atoms with E-state index in [4.69, 9.17) is 4.98 Å². The minimum atomic E-state index is -0.341. The Morgan fingerprint density at radius 3 is 2.94 bits per heavy atom. The van der Waals surface area contributed by atoms with E-state index < -0.39 is 0 Å². The summed E-state index contributed by atoms with van der Waals surface area (Å²) in [7, 11) is 0. The van der Waals surface area contributed by atoms with Crippen LogP contribution in [0.4, 0.5) is 15.9 Å². The van der Waals surface area contributed by atoms with Gasteiger partial charge in [-0.15, -0.1) is 0 Å². The summed E-state index contributed by atoms with van der Waals surface area (Å²) in [6.07, 6.45) is 6.08. The summed E-state index contributed by atoms with van der Waals surface area (Å²) in [6, 6.07) is 12.0. The number of halogens is 1. The van der Waals surface area contributed by atoms with Crippen LogP contribution in [0.2, 0.25) is 0 Å². The minimum Gasteiger partial charge on any atom is -0.382 e. The van der Waals surface area contributed by atoms with E-state index in [1.807, 2.05) is 0 Å². The number of rotatable bonds is 9. The highest BCUT2D eigenvalue weighted by Gasteiger charge is 2.19.